The van der Waals surface area contributed by atoms with Crippen LogP contribution in [0.2, 0.25) is 0 Å². The molecule has 0 aliphatic rings. The van der Waals surface area contributed by atoms with E-state index in [1.54, 1.807) is 39.0 Å². The number of carboxylic acid groups (broad SMARTS) is 1. The third-order valence-corrected chi connectivity index (χ3v) is 3.08. The highest BCUT2D eigenvalue weighted by molar-refractivity contribution is 5.94. The van der Waals surface area contributed by atoms with Crippen LogP contribution in [0.4, 0.5) is 4.79 Å². The zero-order valence-corrected chi connectivity index (χ0v) is 12.9. The van der Waals surface area contributed by atoms with E-state index in [2.05, 4.69) is 10.3 Å². The third-order valence-electron chi connectivity index (χ3n) is 3.08. The molecular formula is C16H20N2O4. The molecule has 0 fully saturated rings. The van der Waals surface area contributed by atoms with Crippen molar-refractivity contribution in [2.45, 2.75) is 32.8 Å². The zero-order chi connectivity index (χ0) is 16.3. The Kier molecular flexibility index (Phi) is 4.40. The molecule has 0 aliphatic heterocycles. The fourth-order valence-corrected chi connectivity index (χ4v) is 2.13. The molecule has 0 spiro atoms. The molecule has 0 saturated heterocycles. The van der Waals surface area contributed by atoms with E-state index in [9.17, 15) is 9.59 Å². The minimum atomic E-state index is -0.957. The lowest BCUT2D eigenvalue weighted by Crippen LogP contribution is -2.33. The van der Waals surface area contributed by atoms with Gasteiger partial charge in [0.1, 0.15) is 5.60 Å². The van der Waals surface area contributed by atoms with E-state index >= 15 is 0 Å². The molecule has 1 aromatic heterocycles. The Balaban J connectivity index is 2.01. The summed E-state index contributed by atoms with van der Waals surface area (Å²) >= 11 is 0. The van der Waals surface area contributed by atoms with Crippen LogP contribution in [0.15, 0.2) is 24.4 Å². The first-order chi connectivity index (χ1) is 10.3. The normalized spacial score (nSPS) is 11.4. The Morgan fingerprint density at radius 3 is 2.68 bits per heavy atom. The molecule has 0 aliphatic carbocycles. The van der Waals surface area contributed by atoms with E-state index < -0.39 is 17.7 Å². The van der Waals surface area contributed by atoms with Crippen LogP contribution in [-0.4, -0.2) is 34.3 Å². The summed E-state index contributed by atoms with van der Waals surface area (Å²) in [5.41, 5.74) is 1.54. The Morgan fingerprint density at radius 2 is 2.05 bits per heavy atom. The molecule has 6 heteroatoms. The summed E-state index contributed by atoms with van der Waals surface area (Å²) in [4.78, 5) is 25.7. The van der Waals surface area contributed by atoms with Gasteiger partial charge < -0.3 is 20.1 Å². The second-order valence-corrected chi connectivity index (χ2v) is 6.06. The maximum Gasteiger partial charge on any atom is 0.407 e. The molecule has 22 heavy (non-hydrogen) atoms. The molecule has 0 saturated carbocycles. The van der Waals surface area contributed by atoms with Gasteiger partial charge in [-0.25, -0.2) is 9.59 Å². The fraction of sp³-hybridized carbons (Fsp3) is 0.375. The van der Waals surface area contributed by atoms with Crippen LogP contribution >= 0.6 is 0 Å². The number of amides is 1. The van der Waals surface area contributed by atoms with E-state index in [0.717, 1.165) is 16.5 Å². The Labute approximate surface area is 128 Å². The average molecular weight is 304 g/mol. The summed E-state index contributed by atoms with van der Waals surface area (Å²) in [6, 6.07) is 4.93. The van der Waals surface area contributed by atoms with Gasteiger partial charge in [0.15, 0.2) is 0 Å². The highest BCUT2D eigenvalue weighted by Crippen LogP contribution is 2.20. The molecular weight excluding hydrogens is 284 g/mol. The number of benzene rings is 1. The highest BCUT2D eigenvalue weighted by atomic mass is 16.6. The van der Waals surface area contributed by atoms with Crippen LogP contribution in [0.5, 0.6) is 0 Å². The molecule has 0 radical (unpaired) electrons. The van der Waals surface area contributed by atoms with Gasteiger partial charge in [0, 0.05) is 23.6 Å². The van der Waals surface area contributed by atoms with Crippen molar-refractivity contribution < 1.29 is 19.4 Å². The fourth-order valence-electron chi connectivity index (χ4n) is 2.13. The predicted octanol–water partition coefficient (Wildman–Crippen LogP) is 2.93. The predicted molar refractivity (Wildman–Crippen MR) is 83.2 cm³/mol. The van der Waals surface area contributed by atoms with Crippen molar-refractivity contribution in [3.8, 4) is 0 Å². The number of aromatic amines is 1. The van der Waals surface area contributed by atoms with Crippen molar-refractivity contribution in [1.29, 1.82) is 0 Å². The number of rotatable bonds is 4. The summed E-state index contributed by atoms with van der Waals surface area (Å²) < 4.78 is 5.16. The molecule has 2 rings (SSSR count). The van der Waals surface area contributed by atoms with E-state index in [-0.39, 0.29) is 5.56 Å². The summed E-state index contributed by atoms with van der Waals surface area (Å²) in [7, 11) is 0. The molecule has 118 valence electrons. The first-order valence-corrected chi connectivity index (χ1v) is 7.06. The molecule has 0 atom stereocenters. The number of fused-ring (bicyclic) bond motifs is 1. The monoisotopic (exact) mass is 304 g/mol. The van der Waals surface area contributed by atoms with Gasteiger partial charge in [-0.05, 0) is 51.0 Å². The third kappa shape index (κ3) is 4.00. The highest BCUT2D eigenvalue weighted by Gasteiger charge is 2.15. The van der Waals surface area contributed by atoms with Gasteiger partial charge in [-0.2, -0.15) is 0 Å². The number of hydrogen-bond acceptors (Lipinski definition) is 3. The number of H-pyrrole nitrogens is 1. The summed E-state index contributed by atoms with van der Waals surface area (Å²) in [6.45, 7) is 5.83. The first kappa shape index (κ1) is 15.9. The van der Waals surface area contributed by atoms with Gasteiger partial charge in [0.25, 0.3) is 0 Å². The van der Waals surface area contributed by atoms with Gasteiger partial charge in [-0.15, -0.1) is 0 Å². The molecule has 1 aromatic carbocycles. The number of carbonyl (C=O) groups is 2. The second-order valence-electron chi connectivity index (χ2n) is 6.06. The van der Waals surface area contributed by atoms with Crippen molar-refractivity contribution in [1.82, 2.24) is 10.3 Å². The number of carboxylic acids is 1. The van der Waals surface area contributed by atoms with Gasteiger partial charge in [0.05, 0.1) is 5.56 Å². The topological polar surface area (TPSA) is 91.4 Å². The standard InChI is InChI=1S/C16H20N2O4/c1-16(2,3)22-15(21)17-7-6-11-9-18-13-5-4-10(14(19)20)8-12(11)13/h4-5,8-9,18H,6-7H2,1-3H3,(H,17,21)(H,19,20). The van der Waals surface area contributed by atoms with Gasteiger partial charge in [0.2, 0.25) is 0 Å². The summed E-state index contributed by atoms with van der Waals surface area (Å²) in [5.74, 6) is -0.957. The Morgan fingerprint density at radius 1 is 1.32 bits per heavy atom. The second kappa shape index (κ2) is 6.09. The Hall–Kier alpha value is -2.50. The quantitative estimate of drug-likeness (QED) is 0.810. The van der Waals surface area contributed by atoms with Crippen LogP contribution in [-0.2, 0) is 11.2 Å². The van der Waals surface area contributed by atoms with Crippen LogP contribution in [0.1, 0.15) is 36.7 Å². The van der Waals surface area contributed by atoms with Crippen LogP contribution < -0.4 is 5.32 Å². The van der Waals surface area contributed by atoms with Crippen molar-refractivity contribution in [3.63, 3.8) is 0 Å². The van der Waals surface area contributed by atoms with E-state index in [1.807, 2.05) is 6.20 Å². The number of hydrogen-bond donors (Lipinski definition) is 3. The van der Waals surface area contributed by atoms with Crippen molar-refractivity contribution in [2.24, 2.45) is 0 Å². The van der Waals surface area contributed by atoms with Gasteiger partial charge in [-0.3, -0.25) is 0 Å². The molecule has 6 nitrogen and oxygen atoms in total. The lowest BCUT2D eigenvalue weighted by atomic mass is 10.1. The van der Waals surface area contributed by atoms with Crippen molar-refractivity contribution >= 4 is 23.0 Å². The lowest BCUT2D eigenvalue weighted by molar-refractivity contribution is 0.0528. The minimum Gasteiger partial charge on any atom is -0.478 e. The van der Waals surface area contributed by atoms with Gasteiger partial charge >= 0.3 is 12.1 Å². The molecule has 1 amide bonds. The Bertz CT molecular complexity index is 698. The zero-order valence-electron chi connectivity index (χ0n) is 12.9. The average Bonchev–Trinajstić information content (AvgIpc) is 2.79. The van der Waals surface area contributed by atoms with Gasteiger partial charge in [-0.1, -0.05) is 0 Å². The summed E-state index contributed by atoms with van der Waals surface area (Å²) in [5, 5.41) is 12.6. The number of aromatic carboxylic acids is 1. The van der Waals surface area contributed by atoms with Crippen LogP contribution in [0, 0.1) is 0 Å². The van der Waals surface area contributed by atoms with Crippen LogP contribution in [0.25, 0.3) is 10.9 Å². The van der Waals surface area contributed by atoms with E-state index in [0.29, 0.717) is 13.0 Å². The SMILES string of the molecule is CC(C)(C)OC(=O)NCCc1c[nH]c2ccc(C(=O)O)cc12. The number of nitrogens with one attached hydrogen (secondary N) is 2. The number of alkyl carbamates (subject to hydrolysis) is 1. The maximum atomic E-state index is 11.6. The first-order valence-electron chi connectivity index (χ1n) is 7.06. The number of ether oxygens (including phenoxy) is 1. The number of carbonyl (C=O) groups excluding carboxylic acids is 1. The molecule has 2 aromatic rings. The number of aromatic nitrogens is 1. The lowest BCUT2D eigenvalue weighted by Gasteiger charge is -2.19. The molecule has 3 N–H and O–H groups in total. The van der Waals surface area contributed by atoms with Crippen molar-refractivity contribution in [2.75, 3.05) is 6.54 Å². The minimum absolute atomic E-state index is 0.244. The largest absolute Gasteiger partial charge is 0.478 e. The molecule has 0 bridgehead atoms. The van der Waals surface area contributed by atoms with Crippen LogP contribution in [0.3, 0.4) is 0 Å². The van der Waals surface area contributed by atoms with Crippen molar-refractivity contribution in [3.05, 3.63) is 35.5 Å². The molecule has 1 heterocycles. The van der Waals surface area contributed by atoms with E-state index in [1.165, 1.54) is 0 Å². The maximum absolute atomic E-state index is 11.6. The molecule has 0 unspecified atom stereocenters. The van der Waals surface area contributed by atoms with E-state index in [4.69, 9.17) is 9.84 Å². The smallest absolute Gasteiger partial charge is 0.407 e. The summed E-state index contributed by atoms with van der Waals surface area (Å²) in [6.07, 6.45) is 1.95.